The highest BCUT2D eigenvalue weighted by Gasteiger charge is 2.39. The smallest absolute Gasteiger partial charge is 0.253 e. The molecule has 3 aromatic rings. The molecule has 1 amide bonds. The van der Waals surface area contributed by atoms with Crippen LogP contribution in [0.3, 0.4) is 0 Å². The molecule has 186 valence electrons. The van der Waals surface area contributed by atoms with Crippen LogP contribution < -0.4 is 15.0 Å². The molecule has 7 nitrogen and oxygen atoms in total. The number of sulfonamides is 1. The van der Waals surface area contributed by atoms with E-state index in [-0.39, 0.29) is 10.1 Å². The van der Waals surface area contributed by atoms with Gasteiger partial charge in [-0.2, -0.15) is 4.31 Å². The largest absolute Gasteiger partial charge is 0.489 e. The Bertz CT molecular complexity index is 1280. The zero-order valence-electron chi connectivity index (χ0n) is 19.6. The first-order valence-electron chi connectivity index (χ1n) is 11.3. The van der Waals surface area contributed by atoms with E-state index in [0.29, 0.717) is 36.9 Å². The molecular weight excluding hydrogens is 506 g/mol. The minimum absolute atomic E-state index is 0.161. The van der Waals surface area contributed by atoms with Crippen LogP contribution in [0.4, 0.5) is 5.69 Å². The first-order valence-corrected chi connectivity index (χ1v) is 13.9. The number of carbonyl (C=O) groups is 1. The fourth-order valence-corrected chi connectivity index (χ4v) is 7.19. The van der Waals surface area contributed by atoms with Gasteiger partial charge in [-0.05, 0) is 48.2 Å². The van der Waals surface area contributed by atoms with Crippen LogP contribution in [0.15, 0.2) is 64.9 Å². The summed E-state index contributed by atoms with van der Waals surface area (Å²) in [5.74, 6) is 0.510. The lowest BCUT2D eigenvalue weighted by Crippen LogP contribution is -2.45. The summed E-state index contributed by atoms with van der Waals surface area (Å²) in [6.45, 7) is 1.08. The first kappa shape index (κ1) is 25.5. The zero-order chi connectivity index (χ0) is 25.0. The van der Waals surface area contributed by atoms with Crippen molar-refractivity contribution in [2.75, 3.05) is 25.5 Å². The van der Waals surface area contributed by atoms with Gasteiger partial charge in [-0.3, -0.25) is 4.79 Å². The SMILES string of the molecule is CN(C)c1cccc(OCc2ccc(CNC(=O)[C@@H]3CCCN3S(=O)(=O)c3ccc(Cl)s3)cc2)c1. The lowest BCUT2D eigenvalue weighted by Gasteiger charge is -2.22. The quantitative estimate of drug-likeness (QED) is 0.437. The molecule has 0 unspecified atom stereocenters. The fourth-order valence-electron chi connectivity index (χ4n) is 3.92. The average molecular weight is 534 g/mol. The highest BCUT2D eigenvalue weighted by molar-refractivity contribution is 7.91. The third-order valence-electron chi connectivity index (χ3n) is 5.85. The van der Waals surface area contributed by atoms with Crippen LogP contribution in [-0.2, 0) is 28.0 Å². The second-order valence-corrected chi connectivity index (χ2v) is 12.4. The van der Waals surface area contributed by atoms with Crippen molar-refractivity contribution in [2.45, 2.75) is 36.2 Å². The first-order chi connectivity index (χ1) is 16.7. The number of benzene rings is 2. The van der Waals surface area contributed by atoms with Crippen molar-refractivity contribution in [1.29, 1.82) is 0 Å². The molecular formula is C25H28ClN3O4S2. The number of nitrogens with one attached hydrogen (secondary N) is 1. The molecule has 0 spiro atoms. The Hall–Kier alpha value is -2.59. The van der Waals surface area contributed by atoms with Crippen molar-refractivity contribution in [3.05, 3.63) is 76.1 Å². The Morgan fingerprint density at radius 1 is 1.14 bits per heavy atom. The number of anilines is 1. The van der Waals surface area contributed by atoms with E-state index in [9.17, 15) is 13.2 Å². The Morgan fingerprint density at radius 3 is 2.57 bits per heavy atom. The van der Waals surface area contributed by atoms with Crippen molar-refractivity contribution in [3.63, 3.8) is 0 Å². The number of halogens is 1. The molecule has 4 rings (SSSR count). The third kappa shape index (κ3) is 6.16. The molecule has 0 radical (unpaired) electrons. The van der Waals surface area contributed by atoms with Crippen molar-refractivity contribution in [1.82, 2.24) is 9.62 Å². The Kier molecular flexibility index (Phi) is 8.01. The molecule has 10 heteroatoms. The van der Waals surface area contributed by atoms with E-state index in [4.69, 9.17) is 16.3 Å². The minimum atomic E-state index is -3.75. The highest BCUT2D eigenvalue weighted by Crippen LogP contribution is 2.32. The average Bonchev–Trinajstić information content (AvgIpc) is 3.52. The molecule has 2 heterocycles. The standard InChI is InChI=1S/C25H28ClN3O4S2/c1-28(2)20-5-3-6-21(15-20)33-17-19-10-8-18(9-11-19)16-27-25(30)22-7-4-14-29(22)35(31,32)24-13-12-23(26)34-24/h3,5-6,8-13,15,22H,4,7,14,16-17H2,1-2H3,(H,27,30)/t22-/m0/s1. The molecule has 1 N–H and O–H groups in total. The van der Waals surface area contributed by atoms with Gasteiger partial charge in [0.2, 0.25) is 5.91 Å². The molecule has 1 fully saturated rings. The molecule has 1 aliphatic heterocycles. The maximum Gasteiger partial charge on any atom is 0.253 e. The summed E-state index contributed by atoms with van der Waals surface area (Å²) in [5.41, 5.74) is 3.01. The van der Waals surface area contributed by atoms with Crippen LogP contribution >= 0.6 is 22.9 Å². The number of rotatable bonds is 9. The normalized spacial score (nSPS) is 16.3. The highest BCUT2D eigenvalue weighted by atomic mass is 35.5. The van der Waals surface area contributed by atoms with Gasteiger partial charge in [-0.15, -0.1) is 11.3 Å². The summed E-state index contributed by atoms with van der Waals surface area (Å²) in [4.78, 5) is 14.9. The van der Waals surface area contributed by atoms with Crippen molar-refractivity contribution < 1.29 is 17.9 Å². The van der Waals surface area contributed by atoms with Crippen LogP contribution in [0.1, 0.15) is 24.0 Å². The zero-order valence-corrected chi connectivity index (χ0v) is 22.0. The van der Waals surface area contributed by atoms with E-state index in [0.717, 1.165) is 33.9 Å². The number of thiophene rings is 1. The lowest BCUT2D eigenvalue weighted by molar-refractivity contribution is -0.124. The topological polar surface area (TPSA) is 79.0 Å². The number of nitrogens with zero attached hydrogens (tertiary/aromatic N) is 2. The van der Waals surface area contributed by atoms with Gasteiger partial charge in [0.05, 0.1) is 4.34 Å². The number of carbonyl (C=O) groups excluding carboxylic acids is 1. The molecule has 1 aromatic heterocycles. The molecule has 0 bridgehead atoms. The van der Waals surface area contributed by atoms with Crippen LogP contribution in [0, 0.1) is 0 Å². The summed E-state index contributed by atoms with van der Waals surface area (Å²) in [5, 5.41) is 2.89. The van der Waals surface area contributed by atoms with Gasteiger partial charge < -0.3 is 15.0 Å². The Labute approximate surface area is 215 Å². The van der Waals surface area contributed by atoms with E-state index < -0.39 is 16.1 Å². The second kappa shape index (κ2) is 11.0. The van der Waals surface area contributed by atoms with E-state index in [1.807, 2.05) is 67.5 Å². The molecule has 1 saturated heterocycles. The van der Waals surface area contributed by atoms with Crippen LogP contribution in [0.5, 0.6) is 5.75 Å². The van der Waals surface area contributed by atoms with Crippen molar-refractivity contribution >= 4 is 44.6 Å². The predicted octanol–water partition coefficient (Wildman–Crippen LogP) is 4.52. The maximum absolute atomic E-state index is 13.0. The minimum Gasteiger partial charge on any atom is -0.489 e. The molecule has 35 heavy (non-hydrogen) atoms. The van der Waals surface area contributed by atoms with Gasteiger partial charge >= 0.3 is 0 Å². The van der Waals surface area contributed by atoms with Crippen molar-refractivity contribution in [3.8, 4) is 5.75 Å². The monoisotopic (exact) mass is 533 g/mol. The number of ether oxygens (including phenoxy) is 1. The van der Waals surface area contributed by atoms with Crippen molar-refractivity contribution in [2.24, 2.45) is 0 Å². The molecule has 0 saturated carbocycles. The molecule has 1 atom stereocenters. The fraction of sp³-hybridized carbons (Fsp3) is 0.320. The molecule has 2 aromatic carbocycles. The van der Waals surface area contributed by atoms with E-state index >= 15 is 0 Å². The Balaban J connectivity index is 1.31. The summed E-state index contributed by atoms with van der Waals surface area (Å²) in [6.07, 6.45) is 1.14. The van der Waals surface area contributed by atoms with Gasteiger partial charge in [0.1, 0.15) is 22.6 Å². The van der Waals surface area contributed by atoms with E-state index in [2.05, 4.69) is 5.32 Å². The number of hydrogen-bond acceptors (Lipinski definition) is 6. The number of hydrogen-bond donors (Lipinski definition) is 1. The van der Waals surface area contributed by atoms with Crippen LogP contribution in [-0.4, -0.2) is 45.3 Å². The van der Waals surface area contributed by atoms with Gasteiger partial charge in [0, 0.05) is 38.9 Å². The summed E-state index contributed by atoms with van der Waals surface area (Å²) >= 11 is 6.92. The summed E-state index contributed by atoms with van der Waals surface area (Å²) in [6, 6.07) is 18.0. The lowest BCUT2D eigenvalue weighted by atomic mass is 10.1. The number of amides is 1. The van der Waals surface area contributed by atoms with Gasteiger partial charge in [-0.25, -0.2) is 8.42 Å². The predicted molar refractivity (Wildman–Crippen MR) is 140 cm³/mol. The maximum atomic E-state index is 13.0. The summed E-state index contributed by atoms with van der Waals surface area (Å²) < 4.78 is 33.7. The van der Waals surface area contributed by atoms with Crippen LogP contribution in [0.25, 0.3) is 0 Å². The van der Waals surface area contributed by atoms with E-state index in [1.54, 1.807) is 6.07 Å². The van der Waals surface area contributed by atoms with E-state index in [1.165, 1.54) is 10.4 Å². The second-order valence-electron chi connectivity index (χ2n) is 8.55. The van der Waals surface area contributed by atoms with Crippen LogP contribution in [0.2, 0.25) is 4.34 Å². The third-order valence-corrected chi connectivity index (χ3v) is 9.45. The molecule has 0 aliphatic carbocycles. The summed E-state index contributed by atoms with van der Waals surface area (Å²) in [7, 11) is 0.224. The Morgan fingerprint density at radius 2 is 1.89 bits per heavy atom. The van der Waals surface area contributed by atoms with Gasteiger partial charge in [-0.1, -0.05) is 41.9 Å². The van der Waals surface area contributed by atoms with Gasteiger partial charge in [0.25, 0.3) is 10.0 Å². The van der Waals surface area contributed by atoms with Gasteiger partial charge in [0.15, 0.2) is 0 Å². The molecule has 1 aliphatic rings.